The first-order valence-electron chi connectivity index (χ1n) is 7.70. The van der Waals surface area contributed by atoms with E-state index in [0.717, 1.165) is 5.56 Å². The summed E-state index contributed by atoms with van der Waals surface area (Å²) < 4.78 is 1.94. The SMILES string of the molecule is Cn1ccc(CC(=O)N2CCN(C(=O)NC(C)(C)C)CC2)c1. The molecule has 0 spiro atoms. The number of hydrogen-bond donors (Lipinski definition) is 1. The lowest BCUT2D eigenvalue weighted by molar-refractivity contribution is -0.131. The van der Waals surface area contributed by atoms with Gasteiger partial charge in [-0.15, -0.1) is 0 Å². The van der Waals surface area contributed by atoms with Crippen molar-refractivity contribution in [2.45, 2.75) is 32.7 Å². The molecule has 1 aliphatic rings. The standard InChI is InChI=1S/C16H26N4O2/c1-16(2,3)17-15(22)20-9-7-19(8-10-20)14(21)11-13-5-6-18(4)12-13/h5-6,12H,7-11H2,1-4H3,(H,17,22). The van der Waals surface area contributed by atoms with Crippen LogP contribution >= 0.6 is 0 Å². The van der Waals surface area contributed by atoms with Crippen LogP contribution in [0.3, 0.4) is 0 Å². The van der Waals surface area contributed by atoms with Gasteiger partial charge in [0, 0.05) is 51.2 Å². The van der Waals surface area contributed by atoms with Crippen molar-refractivity contribution in [1.29, 1.82) is 0 Å². The van der Waals surface area contributed by atoms with Gasteiger partial charge in [-0.1, -0.05) is 0 Å². The van der Waals surface area contributed by atoms with Gasteiger partial charge in [-0.25, -0.2) is 4.79 Å². The predicted molar refractivity (Wildman–Crippen MR) is 85.6 cm³/mol. The molecule has 3 amide bonds. The second kappa shape index (κ2) is 6.42. The highest BCUT2D eigenvalue weighted by Crippen LogP contribution is 2.09. The number of carbonyl (C=O) groups excluding carboxylic acids is 2. The second-order valence-electron chi connectivity index (χ2n) is 6.91. The highest BCUT2D eigenvalue weighted by molar-refractivity contribution is 5.79. The molecule has 22 heavy (non-hydrogen) atoms. The average Bonchev–Trinajstić information content (AvgIpc) is 2.82. The number of hydrogen-bond acceptors (Lipinski definition) is 2. The normalized spacial score (nSPS) is 15.8. The van der Waals surface area contributed by atoms with Crippen molar-refractivity contribution in [3.63, 3.8) is 0 Å². The van der Waals surface area contributed by atoms with Gasteiger partial charge in [0.05, 0.1) is 6.42 Å². The highest BCUT2D eigenvalue weighted by atomic mass is 16.2. The number of aryl methyl sites for hydroxylation is 1. The van der Waals surface area contributed by atoms with E-state index in [1.54, 1.807) is 4.90 Å². The summed E-state index contributed by atoms with van der Waals surface area (Å²) in [4.78, 5) is 28.0. The van der Waals surface area contributed by atoms with Crippen molar-refractivity contribution < 1.29 is 9.59 Å². The topological polar surface area (TPSA) is 57.6 Å². The van der Waals surface area contributed by atoms with E-state index in [1.165, 1.54) is 0 Å². The Hall–Kier alpha value is -1.98. The van der Waals surface area contributed by atoms with Crippen LogP contribution in [0.4, 0.5) is 4.79 Å². The van der Waals surface area contributed by atoms with Crippen LogP contribution in [0.2, 0.25) is 0 Å². The summed E-state index contributed by atoms with van der Waals surface area (Å²) in [5.41, 5.74) is 0.789. The number of nitrogens with zero attached hydrogens (tertiary/aromatic N) is 3. The van der Waals surface area contributed by atoms with Crippen LogP contribution in [0, 0.1) is 0 Å². The molecular formula is C16H26N4O2. The van der Waals surface area contributed by atoms with Crippen LogP contribution in [-0.4, -0.2) is 58.0 Å². The Bertz CT molecular complexity index is 537. The first-order valence-corrected chi connectivity index (χ1v) is 7.70. The molecule has 2 heterocycles. The zero-order chi connectivity index (χ0) is 16.3. The molecule has 0 unspecified atom stereocenters. The molecule has 0 aromatic carbocycles. The summed E-state index contributed by atoms with van der Waals surface area (Å²) in [6, 6.07) is 1.91. The van der Waals surface area contributed by atoms with Gasteiger partial charge in [-0.2, -0.15) is 0 Å². The fourth-order valence-electron chi connectivity index (χ4n) is 2.51. The monoisotopic (exact) mass is 306 g/mol. The average molecular weight is 306 g/mol. The highest BCUT2D eigenvalue weighted by Gasteiger charge is 2.26. The van der Waals surface area contributed by atoms with Crippen molar-refractivity contribution in [3.8, 4) is 0 Å². The first kappa shape index (κ1) is 16.4. The van der Waals surface area contributed by atoms with Crippen LogP contribution in [0.15, 0.2) is 18.5 Å². The third-order valence-electron chi connectivity index (χ3n) is 3.65. The summed E-state index contributed by atoms with van der Waals surface area (Å²) >= 11 is 0. The van der Waals surface area contributed by atoms with Crippen LogP contribution in [0.1, 0.15) is 26.3 Å². The Kier molecular flexibility index (Phi) is 4.78. The molecule has 1 aromatic rings. The summed E-state index contributed by atoms with van der Waals surface area (Å²) in [7, 11) is 1.95. The smallest absolute Gasteiger partial charge is 0.317 e. The fraction of sp³-hybridized carbons (Fsp3) is 0.625. The van der Waals surface area contributed by atoms with E-state index in [2.05, 4.69) is 5.32 Å². The van der Waals surface area contributed by atoms with Crippen molar-refractivity contribution in [1.82, 2.24) is 19.7 Å². The number of nitrogens with one attached hydrogen (secondary N) is 1. The zero-order valence-electron chi connectivity index (χ0n) is 13.9. The molecule has 1 aromatic heterocycles. The first-order chi connectivity index (χ1) is 10.2. The molecule has 1 aliphatic heterocycles. The molecule has 2 rings (SSSR count). The maximum Gasteiger partial charge on any atom is 0.317 e. The van der Waals surface area contributed by atoms with E-state index in [1.807, 2.05) is 55.7 Å². The number of rotatable bonds is 2. The van der Waals surface area contributed by atoms with Gasteiger partial charge in [0.2, 0.25) is 5.91 Å². The summed E-state index contributed by atoms with van der Waals surface area (Å²) in [6.07, 6.45) is 4.33. The molecule has 0 atom stereocenters. The van der Waals surface area contributed by atoms with Crippen LogP contribution in [-0.2, 0) is 18.3 Å². The number of urea groups is 1. The van der Waals surface area contributed by atoms with Gasteiger partial charge in [0.1, 0.15) is 0 Å². The van der Waals surface area contributed by atoms with E-state index < -0.39 is 0 Å². The van der Waals surface area contributed by atoms with Crippen molar-refractivity contribution in [3.05, 3.63) is 24.0 Å². The lowest BCUT2D eigenvalue weighted by atomic mass is 10.1. The van der Waals surface area contributed by atoms with Gasteiger partial charge < -0.3 is 19.7 Å². The van der Waals surface area contributed by atoms with Gasteiger partial charge >= 0.3 is 6.03 Å². The minimum atomic E-state index is -0.239. The Morgan fingerprint density at radius 3 is 2.23 bits per heavy atom. The summed E-state index contributed by atoms with van der Waals surface area (Å²) in [5, 5.41) is 2.96. The van der Waals surface area contributed by atoms with Crippen molar-refractivity contribution in [2.75, 3.05) is 26.2 Å². The van der Waals surface area contributed by atoms with Gasteiger partial charge in [0.25, 0.3) is 0 Å². The van der Waals surface area contributed by atoms with Crippen LogP contribution < -0.4 is 5.32 Å². The molecule has 1 saturated heterocycles. The Morgan fingerprint density at radius 2 is 1.73 bits per heavy atom. The van der Waals surface area contributed by atoms with Crippen molar-refractivity contribution in [2.24, 2.45) is 7.05 Å². The number of amides is 3. The molecule has 1 fully saturated rings. The zero-order valence-corrected chi connectivity index (χ0v) is 13.9. The molecule has 0 radical (unpaired) electrons. The quantitative estimate of drug-likeness (QED) is 0.893. The van der Waals surface area contributed by atoms with Crippen LogP contribution in [0.25, 0.3) is 0 Å². The Balaban J connectivity index is 1.81. The van der Waals surface area contributed by atoms with Gasteiger partial charge in [-0.05, 0) is 32.4 Å². The second-order valence-corrected chi connectivity index (χ2v) is 6.91. The molecule has 0 aliphatic carbocycles. The van der Waals surface area contributed by atoms with Gasteiger partial charge in [0.15, 0.2) is 0 Å². The molecule has 0 saturated carbocycles. The minimum absolute atomic E-state index is 0.0531. The summed E-state index contributed by atoms with van der Waals surface area (Å²) in [5.74, 6) is 0.127. The number of piperazine rings is 1. The van der Waals surface area contributed by atoms with Gasteiger partial charge in [-0.3, -0.25) is 4.79 Å². The predicted octanol–water partition coefficient (Wildman–Crippen LogP) is 1.22. The summed E-state index contributed by atoms with van der Waals surface area (Å²) in [6.45, 7) is 8.26. The third-order valence-corrected chi connectivity index (χ3v) is 3.65. The van der Waals surface area contributed by atoms with E-state index in [-0.39, 0.29) is 17.5 Å². The lowest BCUT2D eigenvalue weighted by Gasteiger charge is -2.36. The molecule has 6 nitrogen and oxygen atoms in total. The Morgan fingerprint density at radius 1 is 1.14 bits per heavy atom. The number of aromatic nitrogens is 1. The minimum Gasteiger partial charge on any atom is -0.357 e. The molecule has 0 bridgehead atoms. The third kappa shape index (κ3) is 4.51. The van der Waals surface area contributed by atoms with E-state index >= 15 is 0 Å². The van der Waals surface area contributed by atoms with Crippen molar-refractivity contribution >= 4 is 11.9 Å². The molecule has 122 valence electrons. The van der Waals surface area contributed by atoms with E-state index in [9.17, 15) is 9.59 Å². The Labute approximate surface area is 132 Å². The maximum atomic E-state index is 12.3. The largest absolute Gasteiger partial charge is 0.357 e. The fourth-order valence-corrected chi connectivity index (χ4v) is 2.51. The molecule has 1 N–H and O–H groups in total. The van der Waals surface area contributed by atoms with Crippen LogP contribution in [0.5, 0.6) is 0 Å². The molecular weight excluding hydrogens is 280 g/mol. The molecule has 6 heteroatoms. The maximum absolute atomic E-state index is 12.3. The van der Waals surface area contributed by atoms with E-state index in [0.29, 0.717) is 32.6 Å². The lowest BCUT2D eigenvalue weighted by Crippen LogP contribution is -2.56. The van der Waals surface area contributed by atoms with E-state index in [4.69, 9.17) is 0 Å². The number of carbonyl (C=O) groups is 2.